The quantitative estimate of drug-likeness (QED) is 0.838. The number of phenolic OH excluding ortho intramolecular Hbond substituents is 1. The number of Topliss-reactive ketones (excluding diaryl/α,β-unsaturated/α-hetero) is 1. The molecule has 0 radical (unpaired) electrons. The maximum Gasteiger partial charge on any atom is 0.231 e. The summed E-state index contributed by atoms with van der Waals surface area (Å²) in [5, 5.41) is 10.3. The third kappa shape index (κ3) is 3.54. The van der Waals surface area contributed by atoms with E-state index in [-0.39, 0.29) is 17.3 Å². The number of aromatic hydroxyl groups is 1. The lowest BCUT2D eigenvalue weighted by atomic mass is 10.0. The molecule has 4 rings (SSSR count). The fourth-order valence-corrected chi connectivity index (χ4v) is 3.28. The van der Waals surface area contributed by atoms with E-state index in [4.69, 9.17) is 14.2 Å². The Bertz CT molecular complexity index is 882. The van der Waals surface area contributed by atoms with Crippen LogP contribution in [0.5, 0.6) is 17.2 Å². The van der Waals surface area contributed by atoms with E-state index in [9.17, 15) is 9.90 Å². The van der Waals surface area contributed by atoms with Gasteiger partial charge in [0, 0.05) is 19.6 Å². The highest BCUT2D eigenvalue weighted by molar-refractivity contribution is 6.15. The van der Waals surface area contributed by atoms with Crippen LogP contribution in [0.25, 0.3) is 6.08 Å². The van der Waals surface area contributed by atoms with Gasteiger partial charge < -0.3 is 19.3 Å². The summed E-state index contributed by atoms with van der Waals surface area (Å²) >= 11 is 0. The summed E-state index contributed by atoms with van der Waals surface area (Å²) in [5.74, 6) is 1.41. The number of hydrogen-bond donors (Lipinski definition) is 1. The first-order valence-corrected chi connectivity index (χ1v) is 8.89. The molecule has 0 aliphatic carbocycles. The number of phenols is 1. The standard InChI is InChI=1S/C21H21NO5/c1-25-15-4-2-14(3-5-15)12-19-20(24)16-6-7-18(23)17(21(16)27-19)13-22-8-10-26-11-9-22/h2-7,12,23H,8-11,13H2,1H3. The van der Waals surface area contributed by atoms with E-state index < -0.39 is 0 Å². The number of hydrogen-bond acceptors (Lipinski definition) is 6. The minimum absolute atomic E-state index is 0.138. The third-order valence-corrected chi connectivity index (χ3v) is 4.82. The number of allylic oxidation sites excluding steroid dienone is 1. The van der Waals surface area contributed by atoms with Gasteiger partial charge in [-0.25, -0.2) is 0 Å². The van der Waals surface area contributed by atoms with Crippen molar-refractivity contribution in [3.63, 3.8) is 0 Å². The van der Waals surface area contributed by atoms with E-state index >= 15 is 0 Å². The molecule has 0 saturated carbocycles. The minimum atomic E-state index is -0.177. The summed E-state index contributed by atoms with van der Waals surface area (Å²) in [6.07, 6.45) is 1.71. The van der Waals surface area contributed by atoms with Crippen LogP contribution in [0.2, 0.25) is 0 Å². The van der Waals surface area contributed by atoms with Crippen molar-refractivity contribution in [2.24, 2.45) is 0 Å². The average Bonchev–Trinajstić information content (AvgIpc) is 3.01. The number of methoxy groups -OCH3 is 1. The molecule has 140 valence electrons. The summed E-state index contributed by atoms with van der Waals surface area (Å²) < 4.78 is 16.4. The molecule has 6 heteroatoms. The van der Waals surface area contributed by atoms with E-state index in [1.165, 1.54) is 0 Å². The molecule has 0 bridgehead atoms. The molecule has 0 unspecified atom stereocenters. The number of benzene rings is 2. The predicted molar refractivity (Wildman–Crippen MR) is 100 cm³/mol. The second kappa shape index (κ2) is 7.42. The zero-order chi connectivity index (χ0) is 18.8. The first-order chi connectivity index (χ1) is 13.2. The van der Waals surface area contributed by atoms with Crippen molar-refractivity contribution < 1.29 is 24.1 Å². The zero-order valence-corrected chi connectivity index (χ0v) is 15.1. The van der Waals surface area contributed by atoms with Gasteiger partial charge in [0.05, 0.1) is 31.5 Å². The predicted octanol–water partition coefficient (Wildman–Crippen LogP) is 2.85. The van der Waals surface area contributed by atoms with E-state index in [2.05, 4.69) is 4.90 Å². The van der Waals surface area contributed by atoms with Crippen molar-refractivity contribution in [2.45, 2.75) is 6.54 Å². The van der Waals surface area contributed by atoms with E-state index in [1.807, 2.05) is 24.3 Å². The van der Waals surface area contributed by atoms with Gasteiger partial charge in [-0.2, -0.15) is 0 Å². The Labute approximate surface area is 157 Å². The Morgan fingerprint density at radius 1 is 1.15 bits per heavy atom. The molecule has 2 aromatic carbocycles. The Balaban J connectivity index is 1.62. The molecule has 2 aromatic rings. The lowest BCUT2D eigenvalue weighted by Gasteiger charge is -2.27. The maximum absolute atomic E-state index is 12.7. The SMILES string of the molecule is COc1ccc(C=C2Oc3c(ccc(O)c3CN3CCOCC3)C2=O)cc1. The van der Waals surface area contributed by atoms with Gasteiger partial charge in [0.1, 0.15) is 17.2 Å². The van der Waals surface area contributed by atoms with Gasteiger partial charge in [-0.15, -0.1) is 0 Å². The number of fused-ring (bicyclic) bond motifs is 1. The third-order valence-electron chi connectivity index (χ3n) is 4.82. The van der Waals surface area contributed by atoms with E-state index in [0.717, 1.165) is 24.4 Å². The van der Waals surface area contributed by atoms with Crippen molar-refractivity contribution in [1.29, 1.82) is 0 Å². The largest absolute Gasteiger partial charge is 0.507 e. The number of nitrogens with zero attached hydrogens (tertiary/aromatic N) is 1. The fraction of sp³-hybridized carbons (Fsp3) is 0.286. The summed E-state index contributed by atoms with van der Waals surface area (Å²) in [7, 11) is 1.61. The summed E-state index contributed by atoms with van der Waals surface area (Å²) in [5.41, 5.74) is 1.96. The number of carbonyl (C=O) groups is 1. The topological polar surface area (TPSA) is 68.2 Å². The molecule has 2 aliphatic heterocycles. The van der Waals surface area contributed by atoms with Crippen LogP contribution in [-0.4, -0.2) is 49.2 Å². The van der Waals surface area contributed by atoms with Crippen LogP contribution in [0, 0.1) is 0 Å². The molecule has 6 nitrogen and oxygen atoms in total. The normalized spacial score (nSPS) is 18.4. The molecule has 1 N–H and O–H groups in total. The van der Waals surface area contributed by atoms with Crippen LogP contribution in [0.3, 0.4) is 0 Å². The number of carbonyl (C=O) groups excluding carboxylic acids is 1. The lowest BCUT2D eigenvalue weighted by molar-refractivity contribution is 0.0336. The summed E-state index contributed by atoms with van der Waals surface area (Å²) in [6, 6.07) is 10.6. The summed E-state index contributed by atoms with van der Waals surface area (Å²) in [6.45, 7) is 3.41. The summed E-state index contributed by atoms with van der Waals surface area (Å²) in [4.78, 5) is 14.9. The minimum Gasteiger partial charge on any atom is -0.507 e. The van der Waals surface area contributed by atoms with Crippen LogP contribution in [0.15, 0.2) is 42.2 Å². The highest BCUT2D eigenvalue weighted by Crippen LogP contribution is 2.40. The molecule has 0 aromatic heterocycles. The van der Waals surface area contributed by atoms with Gasteiger partial charge >= 0.3 is 0 Å². The first-order valence-electron chi connectivity index (χ1n) is 8.89. The molecule has 0 spiro atoms. The van der Waals surface area contributed by atoms with Crippen molar-refractivity contribution in [2.75, 3.05) is 33.4 Å². The Kier molecular flexibility index (Phi) is 4.83. The Morgan fingerprint density at radius 2 is 1.89 bits per heavy atom. The van der Waals surface area contributed by atoms with E-state index in [0.29, 0.717) is 36.6 Å². The highest BCUT2D eigenvalue weighted by Gasteiger charge is 2.31. The van der Waals surface area contributed by atoms with Crippen LogP contribution in [-0.2, 0) is 11.3 Å². The Hall–Kier alpha value is -2.83. The molecular formula is C21H21NO5. The second-order valence-corrected chi connectivity index (χ2v) is 6.54. The number of ether oxygens (including phenoxy) is 3. The monoisotopic (exact) mass is 367 g/mol. The van der Waals surface area contributed by atoms with Crippen molar-refractivity contribution in [3.05, 3.63) is 58.8 Å². The maximum atomic E-state index is 12.7. The van der Waals surface area contributed by atoms with Gasteiger partial charge in [-0.3, -0.25) is 9.69 Å². The number of ketones is 1. The van der Waals surface area contributed by atoms with Crippen LogP contribution in [0.4, 0.5) is 0 Å². The van der Waals surface area contributed by atoms with Gasteiger partial charge in [0.2, 0.25) is 5.78 Å². The molecule has 1 saturated heterocycles. The number of rotatable bonds is 4. The van der Waals surface area contributed by atoms with Gasteiger partial charge in [0.15, 0.2) is 5.76 Å². The molecule has 0 atom stereocenters. The smallest absolute Gasteiger partial charge is 0.231 e. The molecule has 0 amide bonds. The van der Waals surface area contributed by atoms with Gasteiger partial charge in [-0.1, -0.05) is 12.1 Å². The fourth-order valence-electron chi connectivity index (χ4n) is 3.28. The van der Waals surface area contributed by atoms with Crippen molar-refractivity contribution >= 4 is 11.9 Å². The molecular weight excluding hydrogens is 346 g/mol. The Morgan fingerprint density at radius 3 is 2.59 bits per heavy atom. The molecule has 2 aliphatic rings. The average molecular weight is 367 g/mol. The number of morpholine rings is 1. The molecule has 2 heterocycles. The van der Waals surface area contributed by atoms with Crippen LogP contribution >= 0.6 is 0 Å². The van der Waals surface area contributed by atoms with Crippen LogP contribution < -0.4 is 9.47 Å². The van der Waals surface area contributed by atoms with Crippen LogP contribution in [0.1, 0.15) is 21.5 Å². The highest BCUT2D eigenvalue weighted by atomic mass is 16.5. The first kappa shape index (κ1) is 17.6. The lowest BCUT2D eigenvalue weighted by Crippen LogP contribution is -2.35. The van der Waals surface area contributed by atoms with Crippen molar-refractivity contribution in [1.82, 2.24) is 4.90 Å². The molecule has 27 heavy (non-hydrogen) atoms. The second-order valence-electron chi connectivity index (χ2n) is 6.54. The van der Waals surface area contributed by atoms with E-state index in [1.54, 1.807) is 25.3 Å². The van der Waals surface area contributed by atoms with Crippen molar-refractivity contribution in [3.8, 4) is 17.2 Å². The molecule has 1 fully saturated rings. The van der Waals surface area contributed by atoms with Gasteiger partial charge in [-0.05, 0) is 35.9 Å². The van der Waals surface area contributed by atoms with Gasteiger partial charge in [0.25, 0.3) is 0 Å². The zero-order valence-electron chi connectivity index (χ0n) is 15.1.